The SMILES string of the molecule is CC[C@H](Cc1ccccc1)c1cc(O)c(Cc2ccc([C@H](CO)C3CC3)s2)c(=O)o1. The van der Waals surface area contributed by atoms with Gasteiger partial charge >= 0.3 is 5.63 Å². The van der Waals surface area contributed by atoms with Crippen molar-refractivity contribution in [3.63, 3.8) is 0 Å². The van der Waals surface area contributed by atoms with E-state index < -0.39 is 5.63 Å². The standard InChI is InChI=1S/C25H28O4S/c1-2-17(12-16-6-4-3-5-7-16)23-14-22(27)20(25(28)29-23)13-19-10-11-24(30-19)21(15-26)18-8-9-18/h3-7,10-11,14,17-18,21,26-27H,2,8-9,12-13,15H2,1H3/t17-,21-/m1/s1. The Kier molecular flexibility index (Phi) is 6.40. The number of aromatic hydroxyl groups is 1. The van der Waals surface area contributed by atoms with Crippen molar-refractivity contribution in [2.45, 2.75) is 50.9 Å². The average Bonchev–Trinajstić information content (AvgIpc) is 3.48. The van der Waals surface area contributed by atoms with Gasteiger partial charge in [0.2, 0.25) is 0 Å². The van der Waals surface area contributed by atoms with Gasteiger partial charge < -0.3 is 14.6 Å². The van der Waals surface area contributed by atoms with Gasteiger partial charge in [0.15, 0.2) is 0 Å². The molecule has 2 atom stereocenters. The largest absolute Gasteiger partial charge is 0.507 e. The minimum atomic E-state index is -0.465. The molecule has 0 bridgehead atoms. The third kappa shape index (κ3) is 4.68. The van der Waals surface area contributed by atoms with Gasteiger partial charge in [-0.3, -0.25) is 0 Å². The van der Waals surface area contributed by atoms with Crippen LogP contribution in [0.1, 0.15) is 64.7 Å². The Bertz CT molecular complexity index is 1030. The molecule has 0 radical (unpaired) electrons. The van der Waals surface area contributed by atoms with Crippen molar-refractivity contribution in [3.8, 4) is 5.75 Å². The van der Waals surface area contributed by atoms with Crippen molar-refractivity contribution < 1.29 is 14.6 Å². The molecular weight excluding hydrogens is 396 g/mol. The molecule has 1 saturated carbocycles. The normalized spacial score (nSPS) is 15.8. The van der Waals surface area contributed by atoms with Crippen molar-refractivity contribution in [1.82, 2.24) is 0 Å². The van der Waals surface area contributed by atoms with E-state index in [1.54, 1.807) is 17.4 Å². The van der Waals surface area contributed by atoms with Crippen LogP contribution < -0.4 is 5.63 Å². The Morgan fingerprint density at radius 3 is 2.57 bits per heavy atom. The molecule has 1 fully saturated rings. The lowest BCUT2D eigenvalue weighted by Gasteiger charge is -2.15. The van der Waals surface area contributed by atoms with Gasteiger partial charge in [0.1, 0.15) is 11.5 Å². The van der Waals surface area contributed by atoms with Gasteiger partial charge in [0.05, 0.1) is 12.2 Å². The Morgan fingerprint density at radius 1 is 1.17 bits per heavy atom. The van der Waals surface area contributed by atoms with Gasteiger partial charge in [-0.05, 0) is 49.3 Å². The fourth-order valence-electron chi connectivity index (χ4n) is 4.07. The highest BCUT2D eigenvalue weighted by Gasteiger charge is 2.32. The highest BCUT2D eigenvalue weighted by atomic mass is 32.1. The quantitative estimate of drug-likeness (QED) is 0.494. The lowest BCUT2D eigenvalue weighted by molar-refractivity contribution is 0.255. The molecule has 5 heteroatoms. The minimum Gasteiger partial charge on any atom is -0.507 e. The van der Waals surface area contributed by atoms with Crippen LogP contribution in [0.2, 0.25) is 0 Å². The number of benzene rings is 1. The van der Waals surface area contributed by atoms with Gasteiger partial charge in [0, 0.05) is 34.1 Å². The predicted octanol–water partition coefficient (Wildman–Crippen LogP) is 5.22. The molecule has 1 aliphatic carbocycles. The van der Waals surface area contributed by atoms with E-state index >= 15 is 0 Å². The van der Waals surface area contributed by atoms with E-state index in [1.807, 2.05) is 30.3 Å². The summed E-state index contributed by atoms with van der Waals surface area (Å²) in [7, 11) is 0. The van der Waals surface area contributed by atoms with Crippen LogP contribution in [-0.2, 0) is 12.8 Å². The van der Waals surface area contributed by atoms with Crippen LogP contribution in [0, 0.1) is 5.92 Å². The van der Waals surface area contributed by atoms with Crippen molar-refractivity contribution in [1.29, 1.82) is 0 Å². The van der Waals surface area contributed by atoms with Gasteiger partial charge in [-0.15, -0.1) is 11.3 Å². The molecule has 0 saturated heterocycles. The van der Waals surface area contributed by atoms with E-state index in [0.717, 1.165) is 22.6 Å². The first-order valence-electron chi connectivity index (χ1n) is 10.7. The smallest absolute Gasteiger partial charge is 0.343 e. The lowest BCUT2D eigenvalue weighted by atomic mass is 9.94. The highest BCUT2D eigenvalue weighted by molar-refractivity contribution is 7.12. The minimum absolute atomic E-state index is 0.00335. The monoisotopic (exact) mass is 424 g/mol. The third-order valence-corrected chi connectivity index (χ3v) is 7.27. The molecule has 0 amide bonds. The van der Waals surface area contributed by atoms with Crippen LogP contribution in [0.15, 0.2) is 57.7 Å². The maximum absolute atomic E-state index is 12.7. The van der Waals surface area contributed by atoms with Crippen LogP contribution in [0.25, 0.3) is 0 Å². The molecule has 30 heavy (non-hydrogen) atoms. The molecule has 0 spiro atoms. The van der Waals surface area contributed by atoms with Gasteiger partial charge in [-0.1, -0.05) is 37.3 Å². The maximum Gasteiger partial charge on any atom is 0.343 e. The second-order valence-electron chi connectivity index (χ2n) is 8.20. The second-order valence-corrected chi connectivity index (χ2v) is 9.40. The molecule has 158 valence electrons. The van der Waals surface area contributed by atoms with Crippen LogP contribution in [0.3, 0.4) is 0 Å². The van der Waals surface area contributed by atoms with E-state index in [0.29, 0.717) is 23.7 Å². The molecule has 2 heterocycles. The van der Waals surface area contributed by atoms with Crippen LogP contribution >= 0.6 is 11.3 Å². The van der Waals surface area contributed by atoms with Crippen molar-refractivity contribution in [3.05, 3.63) is 85.6 Å². The first-order chi connectivity index (χ1) is 14.6. The maximum atomic E-state index is 12.7. The van der Waals surface area contributed by atoms with E-state index in [4.69, 9.17) is 4.42 Å². The Balaban J connectivity index is 1.53. The zero-order chi connectivity index (χ0) is 21.1. The molecule has 2 N–H and O–H groups in total. The molecule has 4 nitrogen and oxygen atoms in total. The van der Waals surface area contributed by atoms with Crippen LogP contribution in [0.4, 0.5) is 0 Å². The summed E-state index contributed by atoms with van der Waals surface area (Å²) in [4.78, 5) is 14.8. The molecule has 4 rings (SSSR count). The summed E-state index contributed by atoms with van der Waals surface area (Å²) in [6.45, 7) is 2.22. The Hall–Kier alpha value is -2.37. The topological polar surface area (TPSA) is 70.7 Å². The van der Waals surface area contributed by atoms with E-state index in [2.05, 4.69) is 19.1 Å². The lowest BCUT2D eigenvalue weighted by Crippen LogP contribution is -2.12. The number of aliphatic hydroxyl groups excluding tert-OH is 1. The summed E-state index contributed by atoms with van der Waals surface area (Å²) in [5.41, 5.74) is 1.01. The third-order valence-electron chi connectivity index (χ3n) is 6.05. The fourth-order valence-corrected chi connectivity index (χ4v) is 5.28. The van der Waals surface area contributed by atoms with E-state index in [1.165, 1.54) is 18.4 Å². The number of thiophene rings is 1. The summed E-state index contributed by atoms with van der Waals surface area (Å²) >= 11 is 1.61. The Labute approximate surface area is 180 Å². The van der Waals surface area contributed by atoms with Gasteiger partial charge in [0.25, 0.3) is 0 Å². The molecule has 3 aromatic rings. The van der Waals surface area contributed by atoms with E-state index in [-0.39, 0.29) is 24.2 Å². The first kappa shape index (κ1) is 20.9. The molecule has 1 aromatic carbocycles. The number of rotatable bonds is 9. The summed E-state index contributed by atoms with van der Waals surface area (Å²) < 4.78 is 5.66. The molecule has 0 unspecified atom stereocenters. The fraction of sp³-hybridized carbons (Fsp3) is 0.400. The molecule has 1 aliphatic rings. The second kappa shape index (κ2) is 9.19. The van der Waals surface area contributed by atoms with Crippen molar-refractivity contribution in [2.75, 3.05) is 6.61 Å². The average molecular weight is 425 g/mol. The number of hydrogen-bond acceptors (Lipinski definition) is 5. The van der Waals surface area contributed by atoms with Crippen molar-refractivity contribution in [2.24, 2.45) is 5.92 Å². The molecule has 0 aliphatic heterocycles. The van der Waals surface area contributed by atoms with Gasteiger partial charge in [-0.2, -0.15) is 0 Å². The summed E-state index contributed by atoms with van der Waals surface area (Å²) in [5, 5.41) is 20.3. The highest BCUT2D eigenvalue weighted by Crippen LogP contribution is 2.44. The first-order valence-corrected chi connectivity index (χ1v) is 11.5. The molecule has 2 aromatic heterocycles. The zero-order valence-corrected chi connectivity index (χ0v) is 18.0. The van der Waals surface area contributed by atoms with E-state index in [9.17, 15) is 15.0 Å². The Morgan fingerprint density at radius 2 is 1.93 bits per heavy atom. The van der Waals surface area contributed by atoms with Crippen molar-refractivity contribution >= 4 is 11.3 Å². The summed E-state index contributed by atoms with van der Waals surface area (Å²) in [6, 6.07) is 15.7. The predicted molar refractivity (Wildman–Crippen MR) is 119 cm³/mol. The van der Waals surface area contributed by atoms with Gasteiger partial charge in [-0.25, -0.2) is 4.79 Å². The van der Waals surface area contributed by atoms with Crippen LogP contribution in [-0.4, -0.2) is 16.8 Å². The number of aliphatic hydroxyl groups is 1. The van der Waals surface area contributed by atoms with Crippen LogP contribution in [0.5, 0.6) is 5.75 Å². The zero-order valence-electron chi connectivity index (χ0n) is 17.2. The molecular formula is C25H28O4S. The number of hydrogen-bond donors (Lipinski definition) is 2. The summed E-state index contributed by atoms with van der Waals surface area (Å²) in [5.74, 6) is 1.35. The summed E-state index contributed by atoms with van der Waals surface area (Å²) in [6.07, 6.45) is 4.26.